The summed E-state index contributed by atoms with van der Waals surface area (Å²) in [5.41, 5.74) is 6.00. The summed E-state index contributed by atoms with van der Waals surface area (Å²) in [7, 11) is 0. The number of aryl methyl sites for hydroxylation is 2. The van der Waals surface area contributed by atoms with Crippen LogP contribution in [0, 0.1) is 0 Å². The second kappa shape index (κ2) is 7.58. The van der Waals surface area contributed by atoms with Gasteiger partial charge in [0.15, 0.2) is 0 Å². The molecule has 1 aromatic heterocycles. The molecule has 1 aliphatic carbocycles. The molecule has 2 aromatic rings. The number of rotatable bonds is 4. The third-order valence-electron chi connectivity index (χ3n) is 5.55. The maximum Gasteiger partial charge on any atom is 0.253 e. The second-order valence-electron chi connectivity index (χ2n) is 7.67. The van der Waals surface area contributed by atoms with E-state index in [1.807, 2.05) is 6.07 Å². The number of carbonyl (C=O) groups excluding carboxylic acids is 1. The first-order valence-electron chi connectivity index (χ1n) is 9.77. The zero-order valence-electron chi connectivity index (χ0n) is 15.5. The number of hydrogen-bond donors (Lipinski definition) is 1. The molecule has 4 rings (SSSR count). The standard InChI is InChI=1S/C22H27N3O/c1-16(14-25-11-10-17-6-2-3-8-19(17)15-25)24-22(26)20-12-18-7-4-5-9-21(18)23-13-20/h2-3,6,8,12-13,16H,4-5,7,9-11,14-15H2,1H3,(H,24,26)/t16-/m1/s1. The van der Waals surface area contributed by atoms with Crippen LogP contribution in [0.4, 0.5) is 0 Å². The molecule has 0 unspecified atom stereocenters. The molecule has 1 N–H and O–H groups in total. The minimum atomic E-state index is -0.00390. The number of amides is 1. The first-order chi connectivity index (χ1) is 12.7. The highest BCUT2D eigenvalue weighted by Crippen LogP contribution is 2.20. The Morgan fingerprint density at radius 1 is 1.15 bits per heavy atom. The molecule has 2 aliphatic rings. The summed E-state index contributed by atoms with van der Waals surface area (Å²) in [5, 5.41) is 3.15. The molecule has 0 bridgehead atoms. The van der Waals surface area contributed by atoms with Crippen LogP contribution in [-0.4, -0.2) is 34.9 Å². The van der Waals surface area contributed by atoms with Gasteiger partial charge >= 0.3 is 0 Å². The average Bonchev–Trinajstić information content (AvgIpc) is 2.67. The van der Waals surface area contributed by atoms with Crippen molar-refractivity contribution in [3.05, 3.63) is 64.5 Å². The number of carbonyl (C=O) groups is 1. The van der Waals surface area contributed by atoms with Gasteiger partial charge in [-0.3, -0.25) is 14.7 Å². The van der Waals surface area contributed by atoms with Gasteiger partial charge in [-0.2, -0.15) is 0 Å². The Labute approximate surface area is 155 Å². The molecule has 4 heteroatoms. The lowest BCUT2D eigenvalue weighted by Crippen LogP contribution is -2.43. The van der Waals surface area contributed by atoms with Gasteiger partial charge in [0.25, 0.3) is 5.91 Å². The molecule has 2 heterocycles. The summed E-state index contributed by atoms with van der Waals surface area (Å²) in [4.78, 5) is 19.6. The lowest BCUT2D eigenvalue weighted by molar-refractivity contribution is 0.0926. The molecule has 1 aromatic carbocycles. The SMILES string of the molecule is C[C@H](CN1CCc2ccccc2C1)NC(=O)c1cnc2c(c1)CCCC2. The molecule has 1 aliphatic heterocycles. The zero-order chi connectivity index (χ0) is 17.9. The third-order valence-corrected chi connectivity index (χ3v) is 5.55. The molecule has 1 atom stereocenters. The van der Waals surface area contributed by atoms with Crippen LogP contribution in [0.25, 0.3) is 0 Å². The van der Waals surface area contributed by atoms with Crippen molar-refractivity contribution in [3.8, 4) is 0 Å². The van der Waals surface area contributed by atoms with E-state index >= 15 is 0 Å². The fraction of sp³-hybridized carbons (Fsp3) is 0.455. The first-order valence-corrected chi connectivity index (χ1v) is 9.77. The molecule has 1 amide bonds. The van der Waals surface area contributed by atoms with Crippen molar-refractivity contribution >= 4 is 5.91 Å². The Morgan fingerprint density at radius 2 is 1.96 bits per heavy atom. The Hall–Kier alpha value is -2.20. The highest BCUT2D eigenvalue weighted by atomic mass is 16.1. The van der Waals surface area contributed by atoms with Gasteiger partial charge in [-0.1, -0.05) is 24.3 Å². The van der Waals surface area contributed by atoms with Crippen molar-refractivity contribution in [2.75, 3.05) is 13.1 Å². The predicted molar refractivity (Wildman–Crippen MR) is 103 cm³/mol. The van der Waals surface area contributed by atoms with Crippen molar-refractivity contribution in [1.29, 1.82) is 0 Å². The van der Waals surface area contributed by atoms with Crippen molar-refractivity contribution in [2.45, 2.75) is 51.6 Å². The van der Waals surface area contributed by atoms with Crippen LogP contribution in [0.5, 0.6) is 0 Å². The summed E-state index contributed by atoms with van der Waals surface area (Å²) >= 11 is 0. The van der Waals surface area contributed by atoms with Gasteiger partial charge in [0.2, 0.25) is 0 Å². The van der Waals surface area contributed by atoms with E-state index in [9.17, 15) is 4.79 Å². The third kappa shape index (κ3) is 3.80. The van der Waals surface area contributed by atoms with Crippen LogP contribution < -0.4 is 5.32 Å². The summed E-state index contributed by atoms with van der Waals surface area (Å²) in [5.74, 6) is -0.00390. The summed E-state index contributed by atoms with van der Waals surface area (Å²) in [6.45, 7) is 4.98. The number of pyridine rings is 1. The van der Waals surface area contributed by atoms with Crippen LogP contribution in [0.3, 0.4) is 0 Å². The van der Waals surface area contributed by atoms with Crippen LogP contribution in [-0.2, 0) is 25.8 Å². The predicted octanol–water partition coefficient (Wildman–Crippen LogP) is 3.14. The van der Waals surface area contributed by atoms with Gasteiger partial charge in [0, 0.05) is 37.6 Å². The maximum atomic E-state index is 12.6. The van der Waals surface area contributed by atoms with Gasteiger partial charge in [-0.05, 0) is 61.8 Å². The number of aromatic nitrogens is 1. The first kappa shape index (κ1) is 17.2. The molecular formula is C22H27N3O. The number of benzene rings is 1. The molecule has 26 heavy (non-hydrogen) atoms. The van der Waals surface area contributed by atoms with Crippen molar-refractivity contribution in [3.63, 3.8) is 0 Å². The summed E-state index contributed by atoms with van der Waals surface area (Å²) < 4.78 is 0. The Morgan fingerprint density at radius 3 is 2.85 bits per heavy atom. The van der Waals surface area contributed by atoms with E-state index in [1.165, 1.54) is 35.2 Å². The van der Waals surface area contributed by atoms with E-state index in [0.29, 0.717) is 5.56 Å². The average molecular weight is 349 g/mol. The van der Waals surface area contributed by atoms with E-state index in [0.717, 1.165) is 38.9 Å². The number of fused-ring (bicyclic) bond motifs is 2. The van der Waals surface area contributed by atoms with Crippen molar-refractivity contribution < 1.29 is 4.79 Å². The van der Waals surface area contributed by atoms with E-state index in [4.69, 9.17) is 0 Å². The molecule has 0 spiro atoms. The molecular weight excluding hydrogens is 322 g/mol. The Bertz CT molecular complexity index is 802. The molecule has 0 fully saturated rings. The minimum Gasteiger partial charge on any atom is -0.348 e. The molecule has 0 saturated heterocycles. The van der Waals surface area contributed by atoms with E-state index in [-0.39, 0.29) is 11.9 Å². The monoisotopic (exact) mass is 349 g/mol. The molecule has 0 radical (unpaired) electrons. The number of nitrogens with one attached hydrogen (secondary N) is 1. The maximum absolute atomic E-state index is 12.6. The number of hydrogen-bond acceptors (Lipinski definition) is 3. The quantitative estimate of drug-likeness (QED) is 0.922. The van der Waals surface area contributed by atoms with Crippen LogP contribution in [0.1, 0.15) is 52.5 Å². The highest BCUT2D eigenvalue weighted by Gasteiger charge is 2.20. The Kier molecular flexibility index (Phi) is 5.02. The van der Waals surface area contributed by atoms with Crippen LogP contribution in [0.2, 0.25) is 0 Å². The van der Waals surface area contributed by atoms with Gasteiger partial charge in [0.05, 0.1) is 5.56 Å². The molecule has 4 nitrogen and oxygen atoms in total. The summed E-state index contributed by atoms with van der Waals surface area (Å²) in [6, 6.07) is 10.8. The Balaban J connectivity index is 1.35. The van der Waals surface area contributed by atoms with Gasteiger partial charge in [-0.25, -0.2) is 0 Å². The fourth-order valence-corrected chi connectivity index (χ4v) is 4.16. The minimum absolute atomic E-state index is 0.00390. The van der Waals surface area contributed by atoms with E-state index in [1.54, 1.807) is 6.20 Å². The topological polar surface area (TPSA) is 45.2 Å². The van der Waals surface area contributed by atoms with Gasteiger partial charge in [0.1, 0.15) is 0 Å². The smallest absolute Gasteiger partial charge is 0.253 e. The zero-order valence-corrected chi connectivity index (χ0v) is 15.5. The second-order valence-corrected chi connectivity index (χ2v) is 7.67. The van der Waals surface area contributed by atoms with Gasteiger partial charge in [-0.15, -0.1) is 0 Å². The van der Waals surface area contributed by atoms with E-state index < -0.39 is 0 Å². The van der Waals surface area contributed by atoms with Crippen LogP contribution in [0.15, 0.2) is 36.5 Å². The summed E-state index contributed by atoms with van der Waals surface area (Å²) in [6.07, 6.45) is 7.33. The fourth-order valence-electron chi connectivity index (χ4n) is 4.16. The van der Waals surface area contributed by atoms with Crippen molar-refractivity contribution in [2.24, 2.45) is 0 Å². The lowest BCUT2D eigenvalue weighted by atomic mass is 9.95. The lowest BCUT2D eigenvalue weighted by Gasteiger charge is -2.31. The number of nitrogens with zero attached hydrogens (tertiary/aromatic N) is 2. The van der Waals surface area contributed by atoms with Crippen molar-refractivity contribution in [1.82, 2.24) is 15.2 Å². The largest absolute Gasteiger partial charge is 0.348 e. The molecule has 136 valence electrons. The van der Waals surface area contributed by atoms with Crippen LogP contribution >= 0.6 is 0 Å². The normalized spacial score (nSPS) is 17.9. The molecule has 0 saturated carbocycles. The van der Waals surface area contributed by atoms with E-state index in [2.05, 4.69) is 46.4 Å². The highest BCUT2D eigenvalue weighted by molar-refractivity contribution is 5.94. The van der Waals surface area contributed by atoms with Gasteiger partial charge < -0.3 is 5.32 Å².